The van der Waals surface area contributed by atoms with E-state index < -0.39 is 41.4 Å². The number of rotatable bonds is 15. The molecule has 0 heterocycles. The molecular weight excluding hydrogens is 981 g/mol. The number of benzene rings is 4. The molecule has 4 aromatic carbocycles. The normalized spacial score (nSPS) is 23.7. The van der Waals surface area contributed by atoms with Gasteiger partial charge in [0.1, 0.15) is 0 Å². The van der Waals surface area contributed by atoms with Crippen LogP contribution in [0.15, 0.2) is 119 Å². The fraction of sp³-hybridized carbons (Fsp3) is 0.360. The van der Waals surface area contributed by atoms with Crippen molar-refractivity contribution in [3.63, 3.8) is 0 Å². The summed E-state index contributed by atoms with van der Waals surface area (Å²) in [5.41, 5.74) is 16.3. The first kappa shape index (κ1) is 43.8. The van der Waals surface area contributed by atoms with Crippen LogP contribution in [-0.4, -0.2) is 13.3 Å². The van der Waals surface area contributed by atoms with Gasteiger partial charge in [0, 0.05) is 0 Å². The second-order valence-electron chi connectivity index (χ2n) is 19.1. The SMILES string of the molecule is CC[SiH2][Zr]([Cl])([Cl])([CH2][CH2][Zr]([Cl])([Cl])([SiH2]CC)([CH]1C(CC)=Cc2ccccc21)[CH]1C(CC)=Cc2ccccc21)([CH]1C(CC)=Cc2ccccc21)[CH]1C(CC)=Cc2ccccc21. The zero-order valence-electron chi connectivity index (χ0n) is 35.4. The first-order valence-corrected chi connectivity index (χ1v) is 58.1. The van der Waals surface area contributed by atoms with Gasteiger partial charge in [0.05, 0.1) is 0 Å². The maximum atomic E-state index is 9.70. The topological polar surface area (TPSA) is 0 Å². The molecule has 0 saturated heterocycles. The van der Waals surface area contributed by atoms with Gasteiger partial charge in [-0.05, 0) is 0 Å². The molecule has 8 heteroatoms. The molecule has 4 atom stereocenters. The predicted octanol–water partition coefficient (Wildman–Crippen LogP) is 16.1. The van der Waals surface area contributed by atoms with Crippen molar-refractivity contribution in [1.82, 2.24) is 0 Å². The summed E-state index contributed by atoms with van der Waals surface area (Å²) in [6.45, 7) is 11.8. The summed E-state index contributed by atoms with van der Waals surface area (Å²) in [5, 5.41) is 0. The standard InChI is InChI=1S/4C11H11.2C2H7Si.C2H4.4ClH.2Zr/c4*1-2-9-7-10-5-3-4-6-11(10)8-9;2*1-2-3;1-2;;;;;;/h4*3-8H,2H2,1H3;2*2-3H2,1H3;1-2H2;4*1H;;/q;;;;;;;;;;;2*+2/p-4. The Bertz CT molecular complexity index is 2160. The van der Waals surface area contributed by atoms with Crippen LogP contribution >= 0.6 is 34.1 Å². The molecular formula is C50H62Cl4Si2Zr2. The van der Waals surface area contributed by atoms with Gasteiger partial charge in [-0.2, -0.15) is 0 Å². The van der Waals surface area contributed by atoms with Crippen LogP contribution in [0.5, 0.6) is 0 Å². The Kier molecular flexibility index (Phi) is 11.3. The summed E-state index contributed by atoms with van der Waals surface area (Å²) in [7, 11) is 38.8. The summed E-state index contributed by atoms with van der Waals surface area (Å²) in [6.07, 6.45) is 13.6. The first-order chi connectivity index (χ1) is 27.6. The van der Waals surface area contributed by atoms with Crippen LogP contribution in [0.1, 0.15) is 126 Å². The van der Waals surface area contributed by atoms with E-state index in [2.05, 4.69) is 163 Å². The third-order valence-corrected chi connectivity index (χ3v) is 121. The van der Waals surface area contributed by atoms with Crippen LogP contribution in [0.4, 0.5) is 0 Å². The van der Waals surface area contributed by atoms with Crippen LogP contribution in [0.2, 0.25) is 20.3 Å². The van der Waals surface area contributed by atoms with Crippen LogP contribution < -0.4 is 0 Å². The first-order valence-electron chi connectivity index (χ1n) is 22.4. The quantitative estimate of drug-likeness (QED) is 0.104. The number of fused-ring (bicyclic) bond motifs is 4. The predicted molar refractivity (Wildman–Crippen MR) is 261 cm³/mol. The zero-order chi connectivity index (χ0) is 41.3. The molecule has 0 aliphatic heterocycles. The molecule has 58 heavy (non-hydrogen) atoms. The molecule has 4 aromatic rings. The molecule has 0 N–H and O–H groups in total. The summed E-state index contributed by atoms with van der Waals surface area (Å²) < 4.78 is 1.46. The van der Waals surface area contributed by atoms with E-state index >= 15 is 0 Å². The fourth-order valence-electron chi connectivity index (χ4n) is 14.2. The zero-order valence-corrected chi connectivity index (χ0v) is 46.2. The van der Waals surface area contributed by atoms with Crippen molar-refractivity contribution in [2.75, 3.05) is 0 Å². The van der Waals surface area contributed by atoms with Gasteiger partial charge in [-0.15, -0.1) is 0 Å². The van der Waals surface area contributed by atoms with Crippen molar-refractivity contribution in [2.45, 2.75) is 102 Å². The molecule has 0 aromatic heterocycles. The van der Waals surface area contributed by atoms with E-state index in [4.69, 9.17) is 0 Å². The van der Waals surface area contributed by atoms with Crippen LogP contribution in [0.3, 0.4) is 0 Å². The molecule has 4 aliphatic carbocycles. The minimum atomic E-state index is -6.01. The van der Waals surface area contributed by atoms with E-state index in [1.54, 1.807) is 0 Å². The van der Waals surface area contributed by atoms with Gasteiger partial charge in [0.2, 0.25) is 0 Å². The van der Waals surface area contributed by atoms with E-state index in [0.29, 0.717) is 0 Å². The van der Waals surface area contributed by atoms with Gasteiger partial charge in [-0.1, -0.05) is 0 Å². The Morgan fingerprint density at radius 2 is 0.603 bits per heavy atom. The van der Waals surface area contributed by atoms with Gasteiger partial charge < -0.3 is 0 Å². The van der Waals surface area contributed by atoms with E-state index in [1.165, 1.54) is 66.8 Å². The molecule has 306 valence electrons. The molecule has 0 amide bonds. The fourth-order valence-corrected chi connectivity index (χ4v) is 163. The van der Waals surface area contributed by atoms with Gasteiger partial charge in [0.25, 0.3) is 0 Å². The molecule has 0 spiro atoms. The molecule has 0 radical (unpaired) electrons. The van der Waals surface area contributed by atoms with Crippen LogP contribution in [0.25, 0.3) is 24.3 Å². The Balaban J connectivity index is 1.51. The molecule has 8 rings (SSSR count). The Morgan fingerprint density at radius 1 is 0.379 bits per heavy atom. The Morgan fingerprint density at radius 3 is 0.810 bits per heavy atom. The number of allylic oxidation sites excluding steroid dienone is 4. The molecule has 4 aliphatic rings. The molecule has 0 bridgehead atoms. The number of hydrogen-bond donors (Lipinski definition) is 0. The monoisotopic (exact) mass is 1040 g/mol. The van der Waals surface area contributed by atoms with Gasteiger partial charge in [0.15, 0.2) is 0 Å². The maximum absolute atomic E-state index is 9.70. The molecule has 0 fully saturated rings. The van der Waals surface area contributed by atoms with E-state index in [0.717, 1.165) is 46.0 Å². The third-order valence-electron chi connectivity index (χ3n) is 16.1. The van der Waals surface area contributed by atoms with Crippen molar-refractivity contribution >= 4 is 71.6 Å². The summed E-state index contributed by atoms with van der Waals surface area (Å²) >= 11 is -12.0. The minimum absolute atomic E-state index is 0.0101. The number of halogens is 4. The molecule has 4 unspecified atom stereocenters. The van der Waals surface area contributed by atoms with Crippen molar-refractivity contribution in [2.24, 2.45) is 0 Å². The summed E-state index contributed by atoms with van der Waals surface area (Å²) in [4.78, 5) is 0. The average molecular weight is 1040 g/mol. The van der Waals surface area contributed by atoms with Gasteiger partial charge >= 0.3 is 366 Å². The van der Waals surface area contributed by atoms with Gasteiger partial charge in [-0.25, -0.2) is 0 Å². The Hall–Kier alpha value is -0.800. The second-order valence-corrected chi connectivity index (χ2v) is 124. The average Bonchev–Trinajstić information content (AvgIpc) is 4.01. The summed E-state index contributed by atoms with van der Waals surface area (Å²) in [6, 6.07) is 38.4. The third kappa shape index (κ3) is 6.16. The van der Waals surface area contributed by atoms with E-state index in [-0.39, 0.29) is 14.5 Å². The van der Waals surface area contributed by atoms with Crippen molar-refractivity contribution in [3.05, 3.63) is 164 Å². The van der Waals surface area contributed by atoms with Crippen molar-refractivity contribution in [1.29, 1.82) is 0 Å². The van der Waals surface area contributed by atoms with E-state index in [9.17, 15) is 34.1 Å². The van der Waals surface area contributed by atoms with E-state index in [1.807, 2.05) is 0 Å². The molecule has 0 nitrogen and oxygen atoms in total. The van der Waals surface area contributed by atoms with Crippen LogP contribution in [-0.2, 0) is 28.1 Å². The molecule has 0 saturated carbocycles. The Labute approximate surface area is 361 Å². The van der Waals surface area contributed by atoms with Crippen molar-refractivity contribution in [3.8, 4) is 0 Å². The number of hydrogen-bond acceptors (Lipinski definition) is 0. The summed E-state index contributed by atoms with van der Waals surface area (Å²) in [5.74, 6) is 0. The second kappa shape index (κ2) is 14.9. The van der Waals surface area contributed by atoms with Crippen LogP contribution in [0, 0.1) is 0 Å². The van der Waals surface area contributed by atoms with Crippen molar-refractivity contribution < 1.29 is 28.1 Å². The van der Waals surface area contributed by atoms with Gasteiger partial charge in [-0.3, -0.25) is 0 Å².